The number of aromatic amines is 1. The minimum absolute atomic E-state index is 0.0284. The number of fused-ring (bicyclic) bond motifs is 1. The van der Waals surface area contributed by atoms with Gasteiger partial charge in [-0.15, -0.1) is 0 Å². The van der Waals surface area contributed by atoms with Crippen molar-refractivity contribution >= 4 is 28.6 Å². The first kappa shape index (κ1) is 23.6. The van der Waals surface area contributed by atoms with E-state index in [0.29, 0.717) is 23.3 Å². The van der Waals surface area contributed by atoms with Gasteiger partial charge in [-0.3, -0.25) is 10.2 Å². The molecule has 0 saturated heterocycles. The molecular weight excluding hydrogens is 444 g/mol. The van der Waals surface area contributed by atoms with Gasteiger partial charge in [-0.2, -0.15) is 0 Å². The molecule has 0 fully saturated rings. The van der Waals surface area contributed by atoms with Crippen molar-refractivity contribution in [2.75, 3.05) is 7.11 Å². The Hall–Kier alpha value is -4.59. The number of aromatic nitrogens is 1. The summed E-state index contributed by atoms with van der Waals surface area (Å²) in [7, 11) is 1.49. The van der Waals surface area contributed by atoms with E-state index in [1.165, 1.54) is 13.2 Å². The van der Waals surface area contributed by atoms with E-state index in [2.05, 4.69) is 4.98 Å². The number of carbonyl (C=O) groups is 2. The molecule has 0 aliphatic rings. The van der Waals surface area contributed by atoms with Crippen LogP contribution < -0.4 is 16.2 Å². The number of methoxy groups -OCH3 is 1. The number of nitrogens with one attached hydrogen (secondary N) is 2. The molecule has 1 aromatic heterocycles. The third-order valence-corrected chi connectivity index (χ3v) is 6.16. The number of carbonyl (C=O) groups excluding carboxylic acids is 1. The van der Waals surface area contributed by atoms with Crippen LogP contribution in [0, 0.1) is 5.41 Å². The molecule has 1 unspecified atom stereocenters. The number of hydrogen-bond acceptors (Lipinski definition) is 4. The third-order valence-electron chi connectivity index (χ3n) is 6.16. The van der Waals surface area contributed by atoms with Crippen molar-refractivity contribution in [1.29, 1.82) is 5.41 Å². The molecule has 0 saturated carbocycles. The van der Waals surface area contributed by atoms with Gasteiger partial charge < -0.3 is 26.3 Å². The van der Waals surface area contributed by atoms with Crippen LogP contribution in [0.15, 0.2) is 66.9 Å². The van der Waals surface area contributed by atoms with Gasteiger partial charge >= 0.3 is 5.97 Å². The number of carboxylic acids is 1. The highest BCUT2D eigenvalue weighted by atomic mass is 16.5. The van der Waals surface area contributed by atoms with E-state index < -0.39 is 11.9 Å². The first-order valence-electron chi connectivity index (χ1n) is 11.0. The summed E-state index contributed by atoms with van der Waals surface area (Å²) in [5, 5.41) is 18.5. The van der Waals surface area contributed by atoms with E-state index in [-0.39, 0.29) is 23.7 Å². The zero-order chi connectivity index (χ0) is 25.1. The lowest BCUT2D eigenvalue weighted by molar-refractivity contribution is -0.118. The van der Waals surface area contributed by atoms with Gasteiger partial charge in [0.1, 0.15) is 11.6 Å². The second kappa shape index (κ2) is 9.72. The number of nitrogen functional groups attached to an aromatic ring is 1. The minimum Gasteiger partial charge on any atom is -0.497 e. The van der Waals surface area contributed by atoms with E-state index in [1.807, 2.05) is 42.6 Å². The standard InChI is InChI=1S/C27H26N4O4/c1-35-16-7-9-19(22(13-16)27(33)34)17-4-2-3-5-18(17)20(10-11-25(28)32)23-14-31-24-12-15(26(29)30)6-8-21(23)24/h2-9,12-14,20,31H,10-11H2,1H3,(H2,28,32)(H3,29,30)(H,33,34). The predicted octanol–water partition coefficient (Wildman–Crippen LogP) is 4.22. The van der Waals surface area contributed by atoms with Crippen molar-refractivity contribution in [3.8, 4) is 16.9 Å². The average Bonchev–Trinajstić information content (AvgIpc) is 3.27. The number of aromatic carboxylic acids is 1. The summed E-state index contributed by atoms with van der Waals surface area (Å²) in [6.45, 7) is 0. The Labute approximate surface area is 202 Å². The van der Waals surface area contributed by atoms with Crippen molar-refractivity contribution < 1.29 is 19.4 Å². The predicted molar refractivity (Wildman–Crippen MR) is 135 cm³/mol. The van der Waals surface area contributed by atoms with Crippen molar-refractivity contribution in [3.05, 3.63) is 89.1 Å². The van der Waals surface area contributed by atoms with Gasteiger partial charge in [-0.05, 0) is 52.9 Å². The smallest absolute Gasteiger partial charge is 0.336 e. The van der Waals surface area contributed by atoms with Crippen molar-refractivity contribution in [3.63, 3.8) is 0 Å². The molecule has 4 rings (SSSR count). The molecule has 1 amide bonds. The molecule has 0 aliphatic carbocycles. The largest absolute Gasteiger partial charge is 0.497 e. The van der Waals surface area contributed by atoms with Crippen molar-refractivity contribution in [2.24, 2.45) is 11.5 Å². The lowest BCUT2D eigenvalue weighted by Gasteiger charge is -2.21. The molecular formula is C27H26N4O4. The molecule has 4 aromatic rings. The monoisotopic (exact) mass is 470 g/mol. The molecule has 0 bridgehead atoms. The Morgan fingerprint density at radius 2 is 1.80 bits per heavy atom. The number of ether oxygens (including phenoxy) is 1. The van der Waals surface area contributed by atoms with Gasteiger partial charge in [0.05, 0.1) is 12.7 Å². The van der Waals surface area contributed by atoms with Crippen LogP contribution in [0.2, 0.25) is 0 Å². The molecule has 35 heavy (non-hydrogen) atoms. The molecule has 3 aromatic carbocycles. The molecule has 0 spiro atoms. The van der Waals surface area contributed by atoms with Crippen LogP contribution >= 0.6 is 0 Å². The number of H-pyrrole nitrogens is 1. The second-order valence-electron chi connectivity index (χ2n) is 8.28. The number of benzene rings is 3. The fourth-order valence-corrected chi connectivity index (χ4v) is 4.48. The summed E-state index contributed by atoms with van der Waals surface area (Å²) in [4.78, 5) is 27.1. The van der Waals surface area contributed by atoms with Crippen LogP contribution in [0.5, 0.6) is 5.75 Å². The molecule has 1 heterocycles. The number of rotatable bonds is 9. The average molecular weight is 471 g/mol. The first-order chi connectivity index (χ1) is 16.8. The maximum absolute atomic E-state index is 12.1. The number of carboxylic acid groups (broad SMARTS) is 1. The Bertz CT molecular complexity index is 1440. The molecule has 7 N–H and O–H groups in total. The summed E-state index contributed by atoms with van der Waals surface area (Å²) in [6.07, 6.45) is 2.47. The fourth-order valence-electron chi connectivity index (χ4n) is 4.48. The number of amides is 1. The molecule has 178 valence electrons. The van der Waals surface area contributed by atoms with Gasteiger partial charge in [-0.1, -0.05) is 36.4 Å². The first-order valence-corrected chi connectivity index (χ1v) is 11.0. The Morgan fingerprint density at radius 1 is 1.03 bits per heavy atom. The number of nitrogens with two attached hydrogens (primary N) is 2. The van der Waals surface area contributed by atoms with Crippen molar-refractivity contribution in [1.82, 2.24) is 4.98 Å². The number of hydrogen-bond donors (Lipinski definition) is 5. The summed E-state index contributed by atoms with van der Waals surface area (Å²) in [5.41, 5.74) is 15.8. The Morgan fingerprint density at radius 3 is 2.49 bits per heavy atom. The van der Waals surface area contributed by atoms with Crippen LogP contribution in [0.4, 0.5) is 0 Å². The third kappa shape index (κ3) is 4.72. The van der Waals surface area contributed by atoms with Gasteiger partial charge in [0.2, 0.25) is 5.91 Å². The molecule has 0 aliphatic heterocycles. The fraction of sp³-hybridized carbons (Fsp3) is 0.148. The molecule has 8 nitrogen and oxygen atoms in total. The SMILES string of the molecule is COc1ccc(-c2ccccc2C(CCC(N)=O)c2c[nH]c3cc(C(=N)N)ccc23)c(C(=O)O)c1. The second-order valence-corrected chi connectivity index (χ2v) is 8.28. The maximum Gasteiger partial charge on any atom is 0.336 e. The molecule has 0 radical (unpaired) electrons. The minimum atomic E-state index is -1.06. The zero-order valence-corrected chi connectivity index (χ0v) is 19.2. The van der Waals surface area contributed by atoms with Crippen molar-refractivity contribution in [2.45, 2.75) is 18.8 Å². The zero-order valence-electron chi connectivity index (χ0n) is 19.2. The van der Waals surface area contributed by atoms with Crippen LogP contribution in [-0.4, -0.2) is 34.9 Å². The summed E-state index contributed by atoms with van der Waals surface area (Å²) in [5.74, 6) is -1.31. The van der Waals surface area contributed by atoms with E-state index in [4.69, 9.17) is 21.6 Å². The van der Waals surface area contributed by atoms with Crippen LogP contribution in [0.1, 0.15) is 45.8 Å². The lowest BCUT2D eigenvalue weighted by atomic mass is 9.82. The number of amidine groups is 1. The summed E-state index contributed by atoms with van der Waals surface area (Å²) >= 11 is 0. The molecule has 8 heteroatoms. The van der Waals surface area contributed by atoms with E-state index in [1.54, 1.807) is 18.2 Å². The highest BCUT2D eigenvalue weighted by molar-refractivity contribution is 6.00. The van der Waals surface area contributed by atoms with Crippen LogP contribution in [-0.2, 0) is 4.79 Å². The Kier molecular flexibility index (Phi) is 6.55. The highest BCUT2D eigenvalue weighted by Gasteiger charge is 2.24. The van der Waals surface area contributed by atoms with Crippen LogP contribution in [0.25, 0.3) is 22.0 Å². The van der Waals surface area contributed by atoms with Crippen LogP contribution in [0.3, 0.4) is 0 Å². The molecule has 1 atom stereocenters. The topological polar surface area (TPSA) is 155 Å². The normalized spacial score (nSPS) is 11.8. The van der Waals surface area contributed by atoms with Gasteiger partial charge in [0.25, 0.3) is 0 Å². The quantitative estimate of drug-likeness (QED) is 0.183. The summed E-state index contributed by atoms with van der Waals surface area (Å²) < 4.78 is 5.23. The summed E-state index contributed by atoms with van der Waals surface area (Å²) in [6, 6.07) is 18.0. The van der Waals surface area contributed by atoms with Gasteiger partial charge in [0.15, 0.2) is 0 Å². The highest BCUT2D eigenvalue weighted by Crippen LogP contribution is 2.40. The van der Waals surface area contributed by atoms with E-state index in [0.717, 1.165) is 27.6 Å². The maximum atomic E-state index is 12.1. The van der Waals surface area contributed by atoms with Gasteiger partial charge in [-0.25, -0.2) is 4.79 Å². The van der Waals surface area contributed by atoms with E-state index >= 15 is 0 Å². The van der Waals surface area contributed by atoms with E-state index in [9.17, 15) is 14.7 Å². The number of primary amides is 1. The Balaban J connectivity index is 1.91. The van der Waals surface area contributed by atoms with Gasteiger partial charge in [0, 0.05) is 35.0 Å². The lowest BCUT2D eigenvalue weighted by Crippen LogP contribution is -2.13.